The molecule has 9 aromatic carbocycles. The minimum absolute atomic E-state index is 0.638. The van der Waals surface area contributed by atoms with Crippen LogP contribution in [0.3, 0.4) is 0 Å². The van der Waals surface area contributed by atoms with E-state index in [0.717, 1.165) is 39.5 Å². The van der Waals surface area contributed by atoms with Gasteiger partial charge >= 0.3 is 0 Å². The van der Waals surface area contributed by atoms with Crippen LogP contribution < -0.4 is 0 Å². The van der Waals surface area contributed by atoms with E-state index in [-0.39, 0.29) is 0 Å². The van der Waals surface area contributed by atoms with E-state index in [0.29, 0.717) is 0 Å². The summed E-state index contributed by atoms with van der Waals surface area (Å²) in [6, 6.07) is 75.0. The molecule has 0 fully saturated rings. The SMILES string of the molecule is c1ccc(-c2nc3c(c(-c4cccc5ccccc45)n2)C2(c4ccccc4-c4ccc(-c5ccc(-c6ccc7ccccc7c6)cc5)cc42)c2ccccc2-3)cc1. The van der Waals surface area contributed by atoms with Gasteiger partial charge in [0.1, 0.15) is 0 Å². The average molecular weight is 723 g/mol. The highest BCUT2D eigenvalue weighted by atomic mass is 14.9. The fourth-order valence-corrected chi connectivity index (χ4v) is 9.75. The van der Waals surface area contributed by atoms with E-state index in [1.54, 1.807) is 0 Å². The van der Waals surface area contributed by atoms with Crippen molar-refractivity contribution in [3.8, 4) is 67.3 Å². The van der Waals surface area contributed by atoms with E-state index in [2.05, 4.69) is 200 Å². The van der Waals surface area contributed by atoms with Crippen LogP contribution in [0.25, 0.3) is 88.8 Å². The minimum Gasteiger partial charge on any atom is -0.228 e. The standard InChI is InChI=1S/C55H34N2/c1-2-15-39(16-3-1)54-56-52(46-22-12-18-38-14-6-7-19-43(38)46)51-53(57-54)47-21-9-11-24-49(47)55(51)48-23-10-8-20-44(48)45-32-31-42(34-50(45)55)37-27-25-36(26-28-37)41-30-29-35-13-4-5-17-40(35)33-41/h1-34H. The van der Waals surface area contributed by atoms with Crippen LogP contribution in [-0.4, -0.2) is 9.97 Å². The Labute approximate surface area is 331 Å². The normalized spacial score (nSPS) is 14.7. The summed E-state index contributed by atoms with van der Waals surface area (Å²) in [5, 5.41) is 4.88. The molecule has 0 saturated heterocycles. The molecule has 1 unspecified atom stereocenters. The predicted octanol–water partition coefficient (Wildman–Crippen LogP) is 13.8. The molecule has 2 heteroatoms. The highest BCUT2D eigenvalue weighted by Gasteiger charge is 2.54. The lowest BCUT2D eigenvalue weighted by molar-refractivity contribution is 0.788. The maximum absolute atomic E-state index is 5.61. The van der Waals surface area contributed by atoms with Crippen molar-refractivity contribution in [1.82, 2.24) is 9.97 Å². The van der Waals surface area contributed by atoms with E-state index in [1.165, 1.54) is 71.6 Å². The van der Waals surface area contributed by atoms with Crippen molar-refractivity contribution in [1.29, 1.82) is 0 Å². The Kier molecular flexibility index (Phi) is 6.88. The van der Waals surface area contributed by atoms with Gasteiger partial charge in [-0.25, -0.2) is 9.97 Å². The van der Waals surface area contributed by atoms with Crippen LogP contribution in [0.2, 0.25) is 0 Å². The second-order valence-corrected chi connectivity index (χ2v) is 15.3. The molecule has 1 atom stereocenters. The molecule has 2 aliphatic carbocycles. The van der Waals surface area contributed by atoms with Crippen LogP contribution in [0.1, 0.15) is 22.3 Å². The number of aromatic nitrogens is 2. The summed E-state index contributed by atoms with van der Waals surface area (Å²) in [4.78, 5) is 11.1. The molecular weight excluding hydrogens is 689 g/mol. The lowest BCUT2D eigenvalue weighted by Crippen LogP contribution is -2.27. The smallest absolute Gasteiger partial charge is 0.160 e. The Hall–Kier alpha value is -7.42. The monoisotopic (exact) mass is 722 g/mol. The Balaban J connectivity index is 1.12. The van der Waals surface area contributed by atoms with Gasteiger partial charge in [-0.05, 0) is 83.7 Å². The van der Waals surface area contributed by atoms with Crippen molar-refractivity contribution in [2.75, 3.05) is 0 Å². The van der Waals surface area contributed by atoms with Crippen molar-refractivity contribution in [3.05, 3.63) is 229 Å². The topological polar surface area (TPSA) is 25.8 Å². The summed E-state index contributed by atoms with van der Waals surface area (Å²) in [7, 11) is 0. The number of hydrogen-bond donors (Lipinski definition) is 0. The van der Waals surface area contributed by atoms with Gasteiger partial charge in [0.2, 0.25) is 0 Å². The van der Waals surface area contributed by atoms with Crippen LogP contribution >= 0.6 is 0 Å². The van der Waals surface area contributed by atoms with E-state index in [9.17, 15) is 0 Å². The molecule has 12 rings (SSSR count). The Morgan fingerprint density at radius 2 is 0.825 bits per heavy atom. The molecule has 0 amide bonds. The van der Waals surface area contributed by atoms with Crippen molar-refractivity contribution in [3.63, 3.8) is 0 Å². The molecule has 2 aliphatic rings. The van der Waals surface area contributed by atoms with Gasteiger partial charge in [0.15, 0.2) is 5.82 Å². The van der Waals surface area contributed by atoms with Crippen molar-refractivity contribution >= 4 is 21.5 Å². The number of benzene rings is 9. The largest absolute Gasteiger partial charge is 0.228 e. The zero-order chi connectivity index (χ0) is 37.5. The van der Waals surface area contributed by atoms with Gasteiger partial charge in [-0.1, -0.05) is 194 Å². The molecule has 57 heavy (non-hydrogen) atoms. The second kappa shape index (κ2) is 12.3. The van der Waals surface area contributed by atoms with Crippen LogP contribution in [0, 0.1) is 0 Å². The van der Waals surface area contributed by atoms with E-state index in [1.807, 2.05) is 6.07 Å². The Bertz CT molecular complexity index is 3230. The average Bonchev–Trinajstić information content (AvgIpc) is 3.75. The highest BCUT2D eigenvalue weighted by Crippen LogP contribution is 2.64. The minimum atomic E-state index is -0.638. The summed E-state index contributed by atoms with van der Waals surface area (Å²) in [6.07, 6.45) is 0. The molecular formula is C55H34N2. The van der Waals surface area contributed by atoms with E-state index in [4.69, 9.17) is 9.97 Å². The first-order valence-electron chi connectivity index (χ1n) is 19.7. The third-order valence-corrected chi connectivity index (χ3v) is 12.3. The molecule has 264 valence electrons. The third-order valence-electron chi connectivity index (χ3n) is 12.3. The number of nitrogens with zero attached hydrogens (tertiary/aromatic N) is 2. The van der Waals surface area contributed by atoms with Gasteiger partial charge in [-0.2, -0.15) is 0 Å². The quantitative estimate of drug-likeness (QED) is 0.181. The van der Waals surface area contributed by atoms with Gasteiger partial charge in [0, 0.05) is 22.3 Å². The molecule has 0 bridgehead atoms. The van der Waals surface area contributed by atoms with Crippen LogP contribution in [0.15, 0.2) is 206 Å². The van der Waals surface area contributed by atoms with E-state index < -0.39 is 5.41 Å². The highest BCUT2D eigenvalue weighted by molar-refractivity contribution is 6.03. The van der Waals surface area contributed by atoms with Gasteiger partial charge < -0.3 is 0 Å². The summed E-state index contributed by atoms with van der Waals surface area (Å²) in [6.45, 7) is 0. The van der Waals surface area contributed by atoms with Gasteiger partial charge in [0.25, 0.3) is 0 Å². The van der Waals surface area contributed by atoms with Gasteiger partial charge in [-0.3, -0.25) is 0 Å². The van der Waals surface area contributed by atoms with Crippen molar-refractivity contribution < 1.29 is 0 Å². The fraction of sp³-hybridized carbons (Fsp3) is 0.0182. The molecule has 10 aromatic rings. The molecule has 2 nitrogen and oxygen atoms in total. The second-order valence-electron chi connectivity index (χ2n) is 15.3. The molecule has 1 spiro atoms. The summed E-state index contributed by atoms with van der Waals surface area (Å²) >= 11 is 0. The molecule has 1 heterocycles. The third kappa shape index (κ3) is 4.65. The maximum atomic E-state index is 5.61. The number of rotatable bonds is 4. The zero-order valence-corrected chi connectivity index (χ0v) is 31.0. The van der Waals surface area contributed by atoms with Crippen LogP contribution in [0.4, 0.5) is 0 Å². The van der Waals surface area contributed by atoms with Gasteiger partial charge in [0.05, 0.1) is 16.8 Å². The van der Waals surface area contributed by atoms with Crippen LogP contribution in [-0.2, 0) is 5.41 Å². The molecule has 0 saturated carbocycles. The Morgan fingerprint density at radius 1 is 0.298 bits per heavy atom. The first-order chi connectivity index (χ1) is 28.3. The first-order valence-corrected chi connectivity index (χ1v) is 19.7. The summed E-state index contributed by atoms with van der Waals surface area (Å²) < 4.78 is 0. The zero-order valence-electron chi connectivity index (χ0n) is 31.0. The van der Waals surface area contributed by atoms with E-state index >= 15 is 0 Å². The molecule has 0 aliphatic heterocycles. The molecule has 0 radical (unpaired) electrons. The Morgan fingerprint density at radius 3 is 1.61 bits per heavy atom. The lowest BCUT2D eigenvalue weighted by atomic mass is 9.69. The maximum Gasteiger partial charge on any atom is 0.160 e. The van der Waals surface area contributed by atoms with Crippen LogP contribution in [0.5, 0.6) is 0 Å². The molecule has 1 aromatic heterocycles. The number of fused-ring (bicyclic) bond motifs is 12. The summed E-state index contributed by atoms with van der Waals surface area (Å²) in [5.41, 5.74) is 16.8. The summed E-state index contributed by atoms with van der Waals surface area (Å²) in [5.74, 6) is 0.732. The van der Waals surface area contributed by atoms with Gasteiger partial charge in [-0.15, -0.1) is 0 Å². The van der Waals surface area contributed by atoms with Crippen molar-refractivity contribution in [2.45, 2.75) is 5.41 Å². The molecule has 0 N–H and O–H groups in total. The van der Waals surface area contributed by atoms with Crippen molar-refractivity contribution in [2.24, 2.45) is 0 Å². The number of hydrogen-bond acceptors (Lipinski definition) is 2. The predicted molar refractivity (Wildman–Crippen MR) is 235 cm³/mol. The fourth-order valence-electron chi connectivity index (χ4n) is 9.75. The lowest BCUT2D eigenvalue weighted by Gasteiger charge is -2.32. The first kappa shape index (κ1) is 31.9.